The van der Waals surface area contributed by atoms with Crippen LogP contribution in [0.3, 0.4) is 0 Å². The molecule has 1 saturated heterocycles. The molecule has 1 rings (SSSR count). The number of carbonyl (C=O) groups excluding carboxylic acids is 1. The first-order chi connectivity index (χ1) is 7.47. The van der Waals surface area contributed by atoms with Gasteiger partial charge in [-0.25, -0.2) is 5.48 Å². The van der Waals surface area contributed by atoms with Crippen molar-refractivity contribution in [2.45, 2.75) is 52.1 Å². The van der Waals surface area contributed by atoms with Crippen molar-refractivity contribution in [2.24, 2.45) is 5.92 Å². The fraction of sp³-hybridized carbons (Fsp3) is 0.917. The molecule has 4 heteroatoms. The molecular formula is C12H24N2O2. The Bertz CT molecular complexity index is 218. The molecule has 0 radical (unpaired) electrons. The summed E-state index contributed by atoms with van der Waals surface area (Å²) < 4.78 is 0. The Hall–Kier alpha value is -0.610. The minimum absolute atomic E-state index is 0.0134. The maximum atomic E-state index is 11.5. The van der Waals surface area contributed by atoms with Crippen LogP contribution >= 0.6 is 0 Å². The van der Waals surface area contributed by atoms with Crippen molar-refractivity contribution in [3.63, 3.8) is 0 Å². The lowest BCUT2D eigenvalue weighted by molar-refractivity contribution is -0.145. The van der Waals surface area contributed by atoms with E-state index in [2.05, 4.69) is 10.8 Å². The molecule has 0 spiro atoms. The van der Waals surface area contributed by atoms with E-state index in [0.29, 0.717) is 12.3 Å². The third-order valence-electron chi connectivity index (χ3n) is 2.65. The van der Waals surface area contributed by atoms with Gasteiger partial charge in [0.05, 0.1) is 5.60 Å². The molecule has 1 atom stereocenters. The molecule has 4 nitrogen and oxygen atoms in total. The van der Waals surface area contributed by atoms with Gasteiger partial charge < -0.3 is 5.32 Å². The quantitative estimate of drug-likeness (QED) is 0.719. The first-order valence-electron chi connectivity index (χ1n) is 6.15. The molecule has 1 aliphatic heterocycles. The Morgan fingerprint density at radius 3 is 2.81 bits per heavy atom. The van der Waals surface area contributed by atoms with Crippen molar-refractivity contribution < 1.29 is 9.63 Å². The lowest BCUT2D eigenvalue weighted by Gasteiger charge is -2.23. The second-order valence-electron chi connectivity index (χ2n) is 5.49. The predicted octanol–water partition coefficient (Wildman–Crippen LogP) is 1.61. The van der Waals surface area contributed by atoms with Crippen molar-refractivity contribution in [1.29, 1.82) is 0 Å². The Morgan fingerprint density at radius 2 is 2.25 bits per heavy atom. The summed E-state index contributed by atoms with van der Waals surface area (Å²) in [4.78, 5) is 16.7. The van der Waals surface area contributed by atoms with Crippen LogP contribution in [0.4, 0.5) is 0 Å². The summed E-state index contributed by atoms with van der Waals surface area (Å²) in [7, 11) is 0. The van der Waals surface area contributed by atoms with E-state index in [0.717, 1.165) is 19.5 Å². The van der Waals surface area contributed by atoms with Crippen LogP contribution in [0.15, 0.2) is 0 Å². The van der Waals surface area contributed by atoms with Crippen molar-refractivity contribution >= 4 is 5.91 Å². The monoisotopic (exact) mass is 228 g/mol. The van der Waals surface area contributed by atoms with Gasteiger partial charge in [-0.2, -0.15) is 0 Å². The maximum Gasteiger partial charge on any atom is 0.243 e. The summed E-state index contributed by atoms with van der Waals surface area (Å²) in [6, 6.07) is 0. The van der Waals surface area contributed by atoms with Gasteiger partial charge in [-0.3, -0.25) is 9.63 Å². The lowest BCUT2D eigenvalue weighted by atomic mass is 9.95. The van der Waals surface area contributed by atoms with E-state index >= 15 is 0 Å². The third-order valence-corrected chi connectivity index (χ3v) is 2.65. The summed E-state index contributed by atoms with van der Waals surface area (Å²) >= 11 is 0. The molecule has 1 amide bonds. The van der Waals surface area contributed by atoms with Crippen LogP contribution in [0.5, 0.6) is 0 Å². The lowest BCUT2D eigenvalue weighted by Crippen LogP contribution is -2.34. The normalized spacial score (nSPS) is 21.8. The second kappa shape index (κ2) is 6.21. The summed E-state index contributed by atoms with van der Waals surface area (Å²) in [6.07, 6.45) is 3.97. The Kier molecular flexibility index (Phi) is 5.22. The van der Waals surface area contributed by atoms with Gasteiger partial charge in [-0.15, -0.1) is 0 Å². The van der Waals surface area contributed by atoms with Gasteiger partial charge in [0.2, 0.25) is 5.91 Å². The van der Waals surface area contributed by atoms with E-state index in [9.17, 15) is 4.79 Å². The zero-order valence-corrected chi connectivity index (χ0v) is 10.6. The van der Waals surface area contributed by atoms with Crippen LogP contribution in [0.1, 0.15) is 46.5 Å². The minimum Gasteiger partial charge on any atom is -0.316 e. The minimum atomic E-state index is -0.317. The fourth-order valence-corrected chi connectivity index (χ4v) is 1.77. The van der Waals surface area contributed by atoms with Gasteiger partial charge in [0, 0.05) is 6.42 Å². The summed E-state index contributed by atoms with van der Waals surface area (Å²) in [6.45, 7) is 7.91. The molecule has 94 valence electrons. The average molecular weight is 228 g/mol. The molecule has 1 aliphatic rings. The summed E-state index contributed by atoms with van der Waals surface area (Å²) in [5.74, 6) is 0.634. The first kappa shape index (κ1) is 13.5. The number of nitrogens with one attached hydrogen (secondary N) is 2. The number of piperidine rings is 1. The average Bonchev–Trinajstić information content (AvgIpc) is 2.24. The number of hydroxylamine groups is 1. The number of amides is 1. The highest BCUT2D eigenvalue weighted by molar-refractivity contribution is 5.74. The maximum absolute atomic E-state index is 11.5. The highest BCUT2D eigenvalue weighted by Gasteiger charge is 2.16. The van der Waals surface area contributed by atoms with Gasteiger partial charge in [0.15, 0.2) is 0 Å². The van der Waals surface area contributed by atoms with Gasteiger partial charge in [0.1, 0.15) is 0 Å². The van der Waals surface area contributed by atoms with E-state index < -0.39 is 0 Å². The number of hydrogen-bond donors (Lipinski definition) is 2. The molecule has 0 aliphatic carbocycles. The zero-order chi connectivity index (χ0) is 12.0. The van der Waals surface area contributed by atoms with E-state index in [4.69, 9.17) is 4.84 Å². The smallest absolute Gasteiger partial charge is 0.243 e. The molecule has 16 heavy (non-hydrogen) atoms. The number of carbonyl (C=O) groups is 1. The second-order valence-corrected chi connectivity index (χ2v) is 5.49. The van der Waals surface area contributed by atoms with Crippen LogP contribution in [0, 0.1) is 5.92 Å². The van der Waals surface area contributed by atoms with Crippen LogP contribution in [0.2, 0.25) is 0 Å². The van der Waals surface area contributed by atoms with E-state index in [-0.39, 0.29) is 11.5 Å². The van der Waals surface area contributed by atoms with E-state index in [1.54, 1.807) is 0 Å². The highest BCUT2D eigenvalue weighted by Crippen LogP contribution is 2.15. The van der Waals surface area contributed by atoms with Crippen molar-refractivity contribution in [1.82, 2.24) is 10.8 Å². The molecule has 0 aromatic rings. The molecule has 1 fully saturated rings. The van der Waals surface area contributed by atoms with Gasteiger partial charge in [0.25, 0.3) is 0 Å². The third kappa shape index (κ3) is 6.08. The fourth-order valence-electron chi connectivity index (χ4n) is 1.77. The van der Waals surface area contributed by atoms with Crippen LogP contribution in [-0.4, -0.2) is 24.6 Å². The standard InChI is InChI=1S/C12H24N2O2/c1-12(2,3)16-14-11(15)7-6-10-5-4-8-13-9-10/h10,13H,4-9H2,1-3H3,(H,14,15). The molecule has 1 heterocycles. The molecule has 0 aromatic carbocycles. The Morgan fingerprint density at radius 1 is 1.50 bits per heavy atom. The largest absolute Gasteiger partial charge is 0.316 e. The topological polar surface area (TPSA) is 50.4 Å². The van der Waals surface area contributed by atoms with Crippen molar-refractivity contribution in [3.8, 4) is 0 Å². The Labute approximate surface area is 98.1 Å². The number of rotatable bonds is 4. The molecule has 0 bridgehead atoms. The number of hydrogen-bond acceptors (Lipinski definition) is 3. The van der Waals surface area contributed by atoms with E-state index in [1.807, 2.05) is 20.8 Å². The van der Waals surface area contributed by atoms with Gasteiger partial charge in [-0.05, 0) is 59.0 Å². The molecular weight excluding hydrogens is 204 g/mol. The SMILES string of the molecule is CC(C)(C)ONC(=O)CCC1CCCNC1. The summed E-state index contributed by atoms with van der Waals surface area (Å²) in [5.41, 5.74) is 2.19. The molecule has 0 aromatic heterocycles. The first-order valence-corrected chi connectivity index (χ1v) is 6.15. The zero-order valence-electron chi connectivity index (χ0n) is 10.6. The molecule has 1 unspecified atom stereocenters. The van der Waals surface area contributed by atoms with Gasteiger partial charge in [-0.1, -0.05) is 0 Å². The van der Waals surface area contributed by atoms with Crippen molar-refractivity contribution in [3.05, 3.63) is 0 Å². The predicted molar refractivity (Wildman–Crippen MR) is 63.8 cm³/mol. The van der Waals surface area contributed by atoms with E-state index in [1.165, 1.54) is 12.8 Å². The highest BCUT2D eigenvalue weighted by atomic mass is 16.7. The van der Waals surface area contributed by atoms with Crippen LogP contribution in [-0.2, 0) is 9.63 Å². The van der Waals surface area contributed by atoms with Crippen molar-refractivity contribution in [2.75, 3.05) is 13.1 Å². The van der Waals surface area contributed by atoms with Gasteiger partial charge >= 0.3 is 0 Å². The molecule has 0 saturated carbocycles. The van der Waals surface area contributed by atoms with Crippen LogP contribution < -0.4 is 10.8 Å². The Balaban J connectivity index is 2.09. The summed E-state index contributed by atoms with van der Waals surface area (Å²) in [5, 5.41) is 3.35. The molecule has 2 N–H and O–H groups in total. The van der Waals surface area contributed by atoms with Crippen LogP contribution in [0.25, 0.3) is 0 Å².